The van der Waals surface area contributed by atoms with Gasteiger partial charge in [0.1, 0.15) is 12.6 Å². The highest BCUT2D eigenvalue weighted by Crippen LogP contribution is 2.27. The first-order valence-electron chi connectivity index (χ1n) is 14.2. The largest absolute Gasteiger partial charge is 0.352 e. The number of halogens is 1. The number of carbonyl (C=O) groups excluding carboxylic acids is 2. The number of hydrogen-bond donors (Lipinski definition) is 1. The van der Waals surface area contributed by atoms with Gasteiger partial charge in [0.2, 0.25) is 11.8 Å². The van der Waals surface area contributed by atoms with Crippen LogP contribution in [0.15, 0.2) is 119 Å². The van der Waals surface area contributed by atoms with E-state index in [-0.39, 0.29) is 41.2 Å². The van der Waals surface area contributed by atoms with Crippen molar-refractivity contribution in [2.45, 2.75) is 43.8 Å². The minimum Gasteiger partial charge on any atom is -0.352 e. The van der Waals surface area contributed by atoms with E-state index in [1.165, 1.54) is 41.3 Å². The zero-order valence-electron chi connectivity index (χ0n) is 24.7. The van der Waals surface area contributed by atoms with Crippen LogP contribution in [0.1, 0.15) is 25.0 Å². The van der Waals surface area contributed by atoms with E-state index in [0.29, 0.717) is 0 Å². The first-order chi connectivity index (χ1) is 21.5. The fourth-order valence-corrected chi connectivity index (χ4v) is 6.41. The van der Waals surface area contributed by atoms with Crippen LogP contribution in [0.3, 0.4) is 0 Å². The van der Waals surface area contributed by atoms with Gasteiger partial charge in [-0.2, -0.15) is 0 Å². The van der Waals surface area contributed by atoms with Crippen molar-refractivity contribution in [3.63, 3.8) is 0 Å². The Morgan fingerprint density at radius 3 is 1.98 bits per heavy atom. The van der Waals surface area contributed by atoms with Gasteiger partial charge in [-0.3, -0.25) is 24.0 Å². The van der Waals surface area contributed by atoms with Crippen molar-refractivity contribution >= 4 is 49.1 Å². The molecule has 0 aliphatic rings. The molecule has 2 amide bonds. The van der Waals surface area contributed by atoms with E-state index in [2.05, 4.69) is 21.2 Å². The summed E-state index contributed by atoms with van der Waals surface area (Å²) in [6.07, 6.45) is 0.185. The fraction of sp³-hybridized carbons (Fsp3) is 0.212. The molecule has 1 atom stereocenters. The van der Waals surface area contributed by atoms with Gasteiger partial charge in [-0.05, 0) is 61.4 Å². The van der Waals surface area contributed by atoms with Crippen LogP contribution < -0.4 is 9.62 Å². The lowest BCUT2D eigenvalue weighted by atomic mass is 10.0. The first kappa shape index (κ1) is 33.3. The number of non-ortho nitro benzene ring substituents is 1. The molecule has 0 fully saturated rings. The molecule has 234 valence electrons. The van der Waals surface area contributed by atoms with Crippen LogP contribution in [-0.2, 0) is 32.6 Å². The molecular weight excluding hydrogens is 660 g/mol. The Bertz CT molecular complexity index is 1720. The highest BCUT2D eigenvalue weighted by atomic mass is 79.9. The highest BCUT2D eigenvalue weighted by molar-refractivity contribution is 9.10. The Hall–Kier alpha value is -4.55. The molecule has 0 aromatic heterocycles. The number of hydrogen-bond acceptors (Lipinski definition) is 6. The van der Waals surface area contributed by atoms with E-state index in [0.717, 1.165) is 19.9 Å². The van der Waals surface area contributed by atoms with Gasteiger partial charge in [-0.25, -0.2) is 8.42 Å². The van der Waals surface area contributed by atoms with Crippen LogP contribution in [0.4, 0.5) is 11.4 Å². The molecule has 45 heavy (non-hydrogen) atoms. The van der Waals surface area contributed by atoms with Crippen LogP contribution in [0.25, 0.3) is 0 Å². The lowest BCUT2D eigenvalue weighted by Crippen LogP contribution is -2.54. The van der Waals surface area contributed by atoms with Crippen molar-refractivity contribution in [3.05, 3.63) is 135 Å². The van der Waals surface area contributed by atoms with Crippen molar-refractivity contribution in [1.29, 1.82) is 0 Å². The van der Waals surface area contributed by atoms with Crippen LogP contribution in [0, 0.1) is 10.1 Å². The molecule has 0 spiro atoms. The van der Waals surface area contributed by atoms with Crippen molar-refractivity contribution in [3.8, 4) is 0 Å². The lowest BCUT2D eigenvalue weighted by molar-refractivity contribution is -0.384. The third kappa shape index (κ3) is 8.77. The summed E-state index contributed by atoms with van der Waals surface area (Å²) in [5.74, 6) is -1.01. The fourth-order valence-electron chi connectivity index (χ4n) is 4.71. The minimum absolute atomic E-state index is 0.0224. The molecule has 0 saturated carbocycles. The number of benzene rings is 4. The van der Waals surface area contributed by atoms with Crippen LogP contribution in [0.5, 0.6) is 0 Å². The van der Waals surface area contributed by atoms with Crippen molar-refractivity contribution in [2.24, 2.45) is 0 Å². The number of carbonyl (C=O) groups is 2. The van der Waals surface area contributed by atoms with Gasteiger partial charge in [0.15, 0.2) is 0 Å². The smallest absolute Gasteiger partial charge is 0.269 e. The first-order valence-corrected chi connectivity index (χ1v) is 16.4. The quantitative estimate of drug-likeness (QED) is 0.141. The second-order valence-electron chi connectivity index (χ2n) is 10.6. The molecule has 10 nitrogen and oxygen atoms in total. The number of nitro groups is 1. The van der Waals surface area contributed by atoms with Gasteiger partial charge >= 0.3 is 0 Å². The number of rotatable bonds is 13. The summed E-state index contributed by atoms with van der Waals surface area (Å²) in [5, 5.41) is 14.2. The monoisotopic (exact) mass is 692 g/mol. The van der Waals surface area contributed by atoms with Gasteiger partial charge in [0, 0.05) is 35.6 Å². The maximum Gasteiger partial charge on any atom is 0.269 e. The Balaban J connectivity index is 1.80. The predicted octanol–water partition coefficient (Wildman–Crippen LogP) is 5.72. The molecule has 0 unspecified atom stereocenters. The van der Waals surface area contributed by atoms with Crippen molar-refractivity contribution < 1.29 is 22.9 Å². The SMILES string of the molecule is CC(C)NC(=O)[C@@H](Cc1ccccc1)N(Cc1ccc(Br)cc1)C(=O)CN(c1ccc([N+](=O)[O-])cc1)S(=O)(=O)c1ccccc1. The molecule has 4 aromatic carbocycles. The van der Waals surface area contributed by atoms with E-state index >= 15 is 0 Å². The number of anilines is 1. The molecule has 0 saturated heterocycles. The van der Waals surface area contributed by atoms with E-state index < -0.39 is 33.4 Å². The average Bonchev–Trinajstić information content (AvgIpc) is 3.03. The normalized spacial score (nSPS) is 11.9. The number of amides is 2. The van der Waals surface area contributed by atoms with E-state index in [1.807, 2.05) is 68.4 Å². The molecule has 0 aliphatic carbocycles. The van der Waals surface area contributed by atoms with Gasteiger partial charge < -0.3 is 10.2 Å². The number of nitrogens with zero attached hydrogens (tertiary/aromatic N) is 3. The van der Waals surface area contributed by atoms with E-state index in [4.69, 9.17) is 0 Å². The van der Waals surface area contributed by atoms with E-state index in [1.54, 1.807) is 18.2 Å². The van der Waals surface area contributed by atoms with Gasteiger partial charge in [-0.15, -0.1) is 0 Å². The number of nitrogens with one attached hydrogen (secondary N) is 1. The van der Waals surface area contributed by atoms with Gasteiger partial charge in [0.25, 0.3) is 15.7 Å². The second-order valence-corrected chi connectivity index (χ2v) is 13.4. The molecule has 4 aromatic rings. The van der Waals surface area contributed by atoms with Crippen LogP contribution in [-0.4, -0.2) is 48.7 Å². The molecule has 0 heterocycles. The zero-order valence-corrected chi connectivity index (χ0v) is 27.1. The summed E-state index contributed by atoms with van der Waals surface area (Å²) in [5.41, 5.74) is 1.38. The lowest BCUT2D eigenvalue weighted by Gasteiger charge is -2.34. The standard InChI is InChI=1S/C33H33BrN4O6S/c1-24(2)35-33(40)31(21-25-9-5-3-6-10-25)36(22-26-13-15-27(34)16-14-26)32(39)23-37(28-17-19-29(20-18-28)38(41)42)45(43,44)30-11-7-4-8-12-30/h3-20,24,31H,21-23H2,1-2H3,(H,35,40)/t31-/m1/s1. The molecule has 0 bridgehead atoms. The third-order valence-electron chi connectivity index (χ3n) is 6.93. The molecular formula is C33H33BrN4O6S. The summed E-state index contributed by atoms with van der Waals surface area (Å²) in [7, 11) is -4.31. The molecule has 0 aliphatic heterocycles. The Labute approximate surface area is 271 Å². The summed E-state index contributed by atoms with van der Waals surface area (Å²) in [6, 6.07) is 27.9. The van der Waals surface area contributed by atoms with Gasteiger partial charge in [0.05, 0.1) is 15.5 Å². The van der Waals surface area contributed by atoms with E-state index in [9.17, 15) is 28.1 Å². The Morgan fingerprint density at radius 1 is 0.844 bits per heavy atom. The second kappa shape index (κ2) is 15.0. The third-order valence-corrected chi connectivity index (χ3v) is 9.24. The summed E-state index contributed by atoms with van der Waals surface area (Å²) in [4.78, 5) is 40.2. The average molecular weight is 694 g/mol. The Kier molecular flexibility index (Phi) is 11.1. The zero-order chi connectivity index (χ0) is 32.6. The molecule has 1 N–H and O–H groups in total. The van der Waals surface area contributed by atoms with Gasteiger partial charge in [-0.1, -0.05) is 76.6 Å². The molecule has 4 rings (SSSR count). The maximum atomic E-state index is 14.4. The Morgan fingerprint density at radius 2 is 1.42 bits per heavy atom. The van der Waals surface area contributed by atoms with Crippen LogP contribution >= 0.6 is 15.9 Å². The molecule has 12 heteroatoms. The van der Waals surface area contributed by atoms with Crippen LogP contribution in [0.2, 0.25) is 0 Å². The topological polar surface area (TPSA) is 130 Å². The minimum atomic E-state index is -4.31. The number of nitro benzene ring substituents is 1. The predicted molar refractivity (Wildman–Crippen MR) is 176 cm³/mol. The molecule has 0 radical (unpaired) electrons. The highest BCUT2D eigenvalue weighted by Gasteiger charge is 2.35. The maximum absolute atomic E-state index is 14.4. The summed E-state index contributed by atoms with van der Waals surface area (Å²) in [6.45, 7) is 3.00. The number of sulfonamides is 1. The summed E-state index contributed by atoms with van der Waals surface area (Å²) >= 11 is 3.42. The summed E-state index contributed by atoms with van der Waals surface area (Å²) < 4.78 is 29.7. The van der Waals surface area contributed by atoms with Crippen molar-refractivity contribution in [2.75, 3.05) is 10.8 Å². The van der Waals surface area contributed by atoms with Crippen molar-refractivity contribution in [1.82, 2.24) is 10.2 Å².